The first-order valence-corrected chi connectivity index (χ1v) is 12.4. The molecule has 1 aliphatic carbocycles. The van der Waals surface area contributed by atoms with Gasteiger partial charge in [-0.1, -0.05) is 49.6 Å². The van der Waals surface area contributed by atoms with Gasteiger partial charge in [0.25, 0.3) is 0 Å². The fourth-order valence-corrected chi connectivity index (χ4v) is 4.52. The zero-order valence-electron chi connectivity index (χ0n) is 19.6. The second kappa shape index (κ2) is 11.7. The van der Waals surface area contributed by atoms with Crippen molar-refractivity contribution in [3.8, 4) is 0 Å². The highest BCUT2D eigenvalue weighted by atomic mass is 32.2. The first-order chi connectivity index (χ1) is 15.7. The van der Waals surface area contributed by atoms with Crippen molar-refractivity contribution in [3.63, 3.8) is 0 Å². The van der Waals surface area contributed by atoms with Gasteiger partial charge in [-0.25, -0.2) is 4.39 Å². The number of benzene rings is 2. The van der Waals surface area contributed by atoms with Gasteiger partial charge >= 0.3 is 0 Å². The summed E-state index contributed by atoms with van der Waals surface area (Å²) in [5, 5.41) is 5.75. The minimum atomic E-state index is -0.735. The van der Waals surface area contributed by atoms with Crippen molar-refractivity contribution >= 4 is 29.4 Å². The Hall–Kier alpha value is -2.38. The molecular formula is C26H34FN3O2S. The molecule has 3 N–H and O–H groups in total. The van der Waals surface area contributed by atoms with Crippen molar-refractivity contribution in [2.24, 2.45) is 5.92 Å². The van der Waals surface area contributed by atoms with E-state index in [4.69, 9.17) is 0 Å². The number of nitrogens with one attached hydrogen (secondary N) is 3. The van der Waals surface area contributed by atoms with Crippen LogP contribution in [0.1, 0.15) is 58.4 Å². The number of rotatable bonds is 8. The van der Waals surface area contributed by atoms with Crippen molar-refractivity contribution in [2.75, 3.05) is 5.32 Å². The van der Waals surface area contributed by atoms with Crippen molar-refractivity contribution in [1.82, 2.24) is 10.0 Å². The predicted octanol–water partition coefficient (Wildman–Crippen LogP) is 5.47. The van der Waals surface area contributed by atoms with Gasteiger partial charge in [0.1, 0.15) is 11.9 Å². The van der Waals surface area contributed by atoms with Gasteiger partial charge in [-0.3, -0.25) is 14.3 Å². The molecular weight excluding hydrogens is 437 g/mol. The molecule has 0 bridgehead atoms. The lowest BCUT2D eigenvalue weighted by atomic mass is 9.88. The maximum absolute atomic E-state index is 14.6. The Kier molecular flexibility index (Phi) is 8.92. The normalized spacial score (nSPS) is 15.6. The topological polar surface area (TPSA) is 70.2 Å². The van der Waals surface area contributed by atoms with E-state index in [1.165, 1.54) is 18.0 Å². The maximum Gasteiger partial charge on any atom is 0.247 e. The Labute approximate surface area is 200 Å². The van der Waals surface area contributed by atoms with Crippen LogP contribution in [0.25, 0.3) is 0 Å². The van der Waals surface area contributed by atoms with Crippen LogP contribution in [0, 0.1) is 11.7 Å². The summed E-state index contributed by atoms with van der Waals surface area (Å²) in [6, 6.07) is 13.5. The van der Waals surface area contributed by atoms with Crippen LogP contribution >= 0.6 is 11.9 Å². The number of halogens is 1. The Balaban J connectivity index is 1.69. The van der Waals surface area contributed by atoms with Crippen LogP contribution in [0.4, 0.5) is 10.1 Å². The van der Waals surface area contributed by atoms with E-state index in [0.717, 1.165) is 37.7 Å². The molecule has 1 atom stereocenters. The Morgan fingerprint density at radius 3 is 2.39 bits per heavy atom. The maximum atomic E-state index is 14.6. The number of amides is 2. The standard InChI is InChI=1S/C26H34FN3O2S/c1-26(2,3)30-33-23-15-14-20(17-21(23)27)28-25(32)22(16-18-10-6-4-7-11-18)29-24(31)19-12-8-5-9-13-19/h4,6-7,10-11,14-15,17,19,22,30H,5,8-9,12-13,16H2,1-3H3,(H,28,32)(H,29,31)/t22-/m0/s1. The van der Waals surface area contributed by atoms with E-state index >= 15 is 0 Å². The minimum absolute atomic E-state index is 0.0473. The van der Waals surface area contributed by atoms with Crippen LogP contribution < -0.4 is 15.4 Å². The molecule has 2 aromatic carbocycles. The molecule has 1 saturated carbocycles. The van der Waals surface area contributed by atoms with Crippen LogP contribution in [0.3, 0.4) is 0 Å². The van der Waals surface area contributed by atoms with Crippen molar-refractivity contribution in [2.45, 2.75) is 75.8 Å². The average Bonchev–Trinajstić information content (AvgIpc) is 2.78. The van der Waals surface area contributed by atoms with Gasteiger partial charge in [0.2, 0.25) is 11.8 Å². The molecule has 0 heterocycles. The van der Waals surface area contributed by atoms with Gasteiger partial charge in [-0.2, -0.15) is 0 Å². The number of hydrogen-bond donors (Lipinski definition) is 3. The summed E-state index contributed by atoms with van der Waals surface area (Å²) in [6.45, 7) is 6.00. The third-order valence-electron chi connectivity index (χ3n) is 5.56. The molecule has 0 radical (unpaired) electrons. The molecule has 3 rings (SSSR count). The lowest BCUT2D eigenvalue weighted by Gasteiger charge is -2.25. The molecule has 5 nitrogen and oxygen atoms in total. The zero-order chi connectivity index (χ0) is 23.8. The molecule has 0 aromatic heterocycles. The van der Waals surface area contributed by atoms with E-state index in [1.54, 1.807) is 12.1 Å². The highest BCUT2D eigenvalue weighted by molar-refractivity contribution is 7.97. The minimum Gasteiger partial charge on any atom is -0.344 e. The summed E-state index contributed by atoms with van der Waals surface area (Å²) in [7, 11) is 0. The van der Waals surface area contributed by atoms with Gasteiger partial charge in [0, 0.05) is 23.6 Å². The van der Waals surface area contributed by atoms with Crippen molar-refractivity contribution < 1.29 is 14.0 Å². The molecule has 0 aliphatic heterocycles. The number of carbonyl (C=O) groups is 2. The van der Waals surface area contributed by atoms with E-state index in [0.29, 0.717) is 17.0 Å². The van der Waals surface area contributed by atoms with Gasteiger partial charge in [-0.05, 0) is 69.3 Å². The molecule has 7 heteroatoms. The quantitative estimate of drug-likeness (QED) is 0.447. The fourth-order valence-electron chi connectivity index (χ4n) is 3.81. The van der Waals surface area contributed by atoms with E-state index in [1.807, 2.05) is 51.1 Å². The number of hydrogen-bond acceptors (Lipinski definition) is 4. The molecule has 2 amide bonds. The molecule has 0 spiro atoms. The molecule has 178 valence electrons. The summed E-state index contributed by atoms with van der Waals surface area (Å²) in [5.74, 6) is -0.887. The lowest BCUT2D eigenvalue weighted by molar-refractivity contribution is -0.130. The highest BCUT2D eigenvalue weighted by Crippen LogP contribution is 2.25. The zero-order valence-corrected chi connectivity index (χ0v) is 20.4. The van der Waals surface area contributed by atoms with Crippen molar-refractivity contribution in [3.05, 3.63) is 59.9 Å². The molecule has 0 saturated heterocycles. The third-order valence-corrected chi connectivity index (χ3v) is 6.82. The Morgan fingerprint density at radius 2 is 1.76 bits per heavy atom. The summed E-state index contributed by atoms with van der Waals surface area (Å²) in [4.78, 5) is 26.4. The van der Waals surface area contributed by atoms with Crippen molar-refractivity contribution in [1.29, 1.82) is 0 Å². The third kappa shape index (κ3) is 8.16. The summed E-state index contributed by atoms with van der Waals surface area (Å²) in [5.41, 5.74) is 1.15. The number of carbonyl (C=O) groups excluding carboxylic acids is 2. The van der Waals surface area contributed by atoms with Gasteiger partial charge in [0.05, 0.1) is 4.90 Å². The molecule has 33 heavy (non-hydrogen) atoms. The number of anilines is 1. The monoisotopic (exact) mass is 471 g/mol. The van der Waals surface area contributed by atoms with E-state index in [9.17, 15) is 14.0 Å². The SMILES string of the molecule is CC(C)(C)NSc1ccc(NC(=O)[C@H](Cc2ccccc2)NC(=O)C2CCCCC2)cc1F. The largest absolute Gasteiger partial charge is 0.344 e. The molecule has 2 aromatic rings. The fraction of sp³-hybridized carbons (Fsp3) is 0.462. The van der Waals surface area contributed by atoms with Crippen LogP contribution in [-0.2, 0) is 16.0 Å². The van der Waals surface area contributed by atoms with E-state index in [-0.39, 0.29) is 23.3 Å². The average molecular weight is 472 g/mol. The first kappa shape index (κ1) is 25.2. The van der Waals surface area contributed by atoms with Crippen LogP contribution in [0.5, 0.6) is 0 Å². The second-order valence-corrected chi connectivity index (χ2v) is 10.5. The van der Waals surface area contributed by atoms with E-state index in [2.05, 4.69) is 15.4 Å². The first-order valence-electron chi connectivity index (χ1n) is 11.6. The Bertz CT molecular complexity index is 940. The van der Waals surface area contributed by atoms with Gasteiger partial charge < -0.3 is 10.6 Å². The summed E-state index contributed by atoms with van der Waals surface area (Å²) < 4.78 is 17.8. The highest BCUT2D eigenvalue weighted by Gasteiger charge is 2.27. The summed E-state index contributed by atoms with van der Waals surface area (Å²) >= 11 is 1.22. The van der Waals surface area contributed by atoms with Crippen LogP contribution in [-0.4, -0.2) is 23.4 Å². The van der Waals surface area contributed by atoms with Crippen LogP contribution in [0.15, 0.2) is 53.4 Å². The van der Waals surface area contributed by atoms with Gasteiger partial charge in [-0.15, -0.1) is 0 Å². The second-order valence-electron chi connectivity index (χ2n) is 9.67. The van der Waals surface area contributed by atoms with Crippen LogP contribution in [0.2, 0.25) is 0 Å². The molecule has 1 aliphatic rings. The predicted molar refractivity (Wildman–Crippen MR) is 132 cm³/mol. The van der Waals surface area contributed by atoms with E-state index < -0.39 is 11.9 Å². The summed E-state index contributed by atoms with van der Waals surface area (Å²) in [6.07, 6.45) is 5.33. The Morgan fingerprint density at radius 1 is 1.06 bits per heavy atom. The van der Waals surface area contributed by atoms with Gasteiger partial charge in [0.15, 0.2) is 0 Å². The molecule has 0 unspecified atom stereocenters. The molecule has 1 fully saturated rings. The lowest BCUT2D eigenvalue weighted by Crippen LogP contribution is -2.47. The smallest absolute Gasteiger partial charge is 0.247 e.